The zero-order chi connectivity index (χ0) is 14.8. The van der Waals surface area contributed by atoms with Gasteiger partial charge in [-0.25, -0.2) is 0 Å². The van der Waals surface area contributed by atoms with Gasteiger partial charge >= 0.3 is 0 Å². The van der Waals surface area contributed by atoms with Crippen LogP contribution in [0.15, 0.2) is 48.8 Å². The molecular formula is C16H10ClN3S. The molecule has 21 heavy (non-hydrogen) atoms. The number of anilines is 1. The minimum atomic E-state index is 0.503. The number of hydrogen-bond acceptors (Lipinski definition) is 4. The molecule has 3 aromatic rings. The molecule has 5 heteroatoms. The highest BCUT2D eigenvalue weighted by Gasteiger charge is 2.18. The molecule has 2 N–H and O–H groups in total. The highest BCUT2D eigenvalue weighted by molar-refractivity contribution is 7.17. The summed E-state index contributed by atoms with van der Waals surface area (Å²) in [5.41, 5.74) is 9.41. The first-order valence-electron chi connectivity index (χ1n) is 6.19. The van der Waals surface area contributed by atoms with Crippen molar-refractivity contribution in [2.75, 3.05) is 5.73 Å². The van der Waals surface area contributed by atoms with E-state index in [2.05, 4.69) is 11.1 Å². The Bertz CT molecular complexity index is 834. The molecule has 0 atom stereocenters. The minimum absolute atomic E-state index is 0.503. The topological polar surface area (TPSA) is 62.7 Å². The summed E-state index contributed by atoms with van der Waals surface area (Å²) >= 11 is 7.45. The number of pyridine rings is 1. The molecule has 3 rings (SSSR count). The molecule has 0 fully saturated rings. The van der Waals surface area contributed by atoms with Crippen molar-refractivity contribution in [3.05, 3.63) is 58.7 Å². The van der Waals surface area contributed by atoms with E-state index in [1.165, 1.54) is 11.3 Å². The summed E-state index contributed by atoms with van der Waals surface area (Å²) < 4.78 is 0. The highest BCUT2D eigenvalue weighted by Crippen LogP contribution is 2.44. The predicted molar refractivity (Wildman–Crippen MR) is 87.1 cm³/mol. The molecule has 0 saturated heterocycles. The molecule has 102 valence electrons. The van der Waals surface area contributed by atoms with Crippen molar-refractivity contribution >= 4 is 28.6 Å². The fourth-order valence-corrected chi connectivity index (χ4v) is 3.39. The second-order valence-corrected chi connectivity index (χ2v) is 5.86. The maximum absolute atomic E-state index is 9.25. The van der Waals surface area contributed by atoms with E-state index < -0.39 is 0 Å². The molecule has 0 bridgehead atoms. The molecule has 0 aliphatic carbocycles. The van der Waals surface area contributed by atoms with E-state index in [1.807, 2.05) is 36.4 Å². The average Bonchev–Trinajstić information content (AvgIpc) is 2.85. The van der Waals surface area contributed by atoms with Crippen LogP contribution in [0.1, 0.15) is 4.88 Å². The van der Waals surface area contributed by atoms with E-state index in [-0.39, 0.29) is 0 Å². The number of halogens is 1. The number of nitrogen functional groups attached to an aromatic ring is 1. The fourth-order valence-electron chi connectivity index (χ4n) is 2.17. The van der Waals surface area contributed by atoms with Crippen molar-refractivity contribution in [2.24, 2.45) is 0 Å². The smallest absolute Gasteiger partial charge is 0.129 e. The molecule has 0 radical (unpaired) electrons. The molecule has 0 spiro atoms. The highest BCUT2D eigenvalue weighted by atomic mass is 35.5. The predicted octanol–water partition coefficient (Wildman–Crippen LogP) is 4.58. The van der Waals surface area contributed by atoms with E-state index in [1.54, 1.807) is 12.4 Å². The third kappa shape index (κ3) is 2.49. The molecule has 1 aromatic carbocycles. The van der Waals surface area contributed by atoms with E-state index in [0.717, 1.165) is 21.6 Å². The van der Waals surface area contributed by atoms with Gasteiger partial charge in [0.25, 0.3) is 0 Å². The van der Waals surface area contributed by atoms with Crippen LogP contribution in [-0.2, 0) is 0 Å². The summed E-state index contributed by atoms with van der Waals surface area (Å²) in [7, 11) is 0. The van der Waals surface area contributed by atoms with Gasteiger partial charge in [-0.3, -0.25) is 4.98 Å². The lowest BCUT2D eigenvalue weighted by atomic mass is 10.0. The summed E-state index contributed by atoms with van der Waals surface area (Å²) in [4.78, 5) is 5.47. The van der Waals surface area contributed by atoms with Crippen molar-refractivity contribution in [1.29, 1.82) is 5.26 Å². The molecule has 0 saturated carbocycles. The Morgan fingerprint density at radius 3 is 2.57 bits per heavy atom. The average molecular weight is 312 g/mol. The van der Waals surface area contributed by atoms with Gasteiger partial charge in [0.05, 0.1) is 5.69 Å². The monoisotopic (exact) mass is 311 g/mol. The van der Waals surface area contributed by atoms with Gasteiger partial charge in [-0.05, 0) is 35.4 Å². The lowest BCUT2D eigenvalue weighted by molar-refractivity contribution is 1.33. The second-order valence-electron chi connectivity index (χ2n) is 4.41. The second kappa shape index (κ2) is 5.57. The van der Waals surface area contributed by atoms with Crippen LogP contribution >= 0.6 is 22.9 Å². The molecule has 0 aliphatic rings. The molecular weight excluding hydrogens is 302 g/mol. The molecule has 3 nitrogen and oxygen atoms in total. The van der Waals surface area contributed by atoms with Gasteiger partial charge in [0, 0.05) is 27.9 Å². The number of rotatable bonds is 2. The first kappa shape index (κ1) is 13.6. The van der Waals surface area contributed by atoms with Crippen LogP contribution in [0.5, 0.6) is 0 Å². The SMILES string of the molecule is N#Cc1sc(-c2cccc(Cl)c2)c(-c2ccncc2)c1N. The molecule has 2 aromatic heterocycles. The van der Waals surface area contributed by atoms with Crippen molar-refractivity contribution in [3.63, 3.8) is 0 Å². The Morgan fingerprint density at radius 2 is 1.90 bits per heavy atom. The van der Waals surface area contributed by atoms with Gasteiger partial charge in [0.1, 0.15) is 10.9 Å². The maximum atomic E-state index is 9.25. The van der Waals surface area contributed by atoms with Gasteiger partial charge in [0.2, 0.25) is 0 Å². The first-order chi connectivity index (χ1) is 10.2. The first-order valence-corrected chi connectivity index (χ1v) is 7.39. The zero-order valence-corrected chi connectivity index (χ0v) is 12.4. The van der Waals surface area contributed by atoms with Crippen LogP contribution in [-0.4, -0.2) is 4.98 Å². The van der Waals surface area contributed by atoms with E-state index in [0.29, 0.717) is 15.6 Å². The number of benzene rings is 1. The van der Waals surface area contributed by atoms with Crippen LogP contribution < -0.4 is 5.73 Å². The van der Waals surface area contributed by atoms with Gasteiger partial charge in [0.15, 0.2) is 0 Å². The van der Waals surface area contributed by atoms with Gasteiger partial charge in [-0.1, -0.05) is 23.7 Å². The van der Waals surface area contributed by atoms with Crippen molar-refractivity contribution in [3.8, 4) is 27.6 Å². The standard InChI is InChI=1S/C16H10ClN3S/c17-12-3-1-2-11(8-12)16-14(10-4-6-20-7-5-10)15(19)13(9-18)21-16/h1-8H,19H2. The van der Waals surface area contributed by atoms with Crippen LogP contribution in [0.25, 0.3) is 21.6 Å². The Kier molecular flexibility index (Phi) is 3.61. The summed E-state index contributed by atoms with van der Waals surface area (Å²) in [6, 6.07) is 13.5. The van der Waals surface area contributed by atoms with Crippen molar-refractivity contribution in [2.45, 2.75) is 0 Å². The summed E-state index contributed by atoms with van der Waals surface area (Å²) in [5.74, 6) is 0. The number of nitrogens with two attached hydrogens (primary N) is 1. The van der Waals surface area contributed by atoms with Gasteiger partial charge < -0.3 is 5.73 Å². The Balaban J connectivity index is 2.29. The van der Waals surface area contributed by atoms with Crippen LogP contribution in [0.3, 0.4) is 0 Å². The Labute approximate surface area is 131 Å². The van der Waals surface area contributed by atoms with Crippen molar-refractivity contribution < 1.29 is 0 Å². The molecule has 2 heterocycles. The Hall–Kier alpha value is -2.35. The zero-order valence-electron chi connectivity index (χ0n) is 10.9. The quantitative estimate of drug-likeness (QED) is 0.753. The fraction of sp³-hybridized carbons (Fsp3) is 0. The molecule has 0 aliphatic heterocycles. The molecule has 0 unspecified atom stereocenters. The van der Waals surface area contributed by atoms with Crippen molar-refractivity contribution in [1.82, 2.24) is 4.98 Å². The third-order valence-corrected chi connectivity index (χ3v) is 4.50. The van der Waals surface area contributed by atoms with E-state index in [9.17, 15) is 5.26 Å². The maximum Gasteiger partial charge on any atom is 0.129 e. The van der Waals surface area contributed by atoms with Gasteiger partial charge in [-0.15, -0.1) is 11.3 Å². The largest absolute Gasteiger partial charge is 0.396 e. The van der Waals surface area contributed by atoms with Crippen LogP contribution in [0, 0.1) is 11.3 Å². The molecule has 0 amide bonds. The third-order valence-electron chi connectivity index (χ3n) is 3.10. The number of nitrogens with zero attached hydrogens (tertiary/aromatic N) is 2. The normalized spacial score (nSPS) is 10.3. The van der Waals surface area contributed by atoms with E-state index >= 15 is 0 Å². The summed E-state index contributed by atoms with van der Waals surface area (Å²) in [5, 5.41) is 9.90. The van der Waals surface area contributed by atoms with Crippen LogP contribution in [0.4, 0.5) is 5.69 Å². The number of hydrogen-bond donors (Lipinski definition) is 1. The lowest BCUT2D eigenvalue weighted by Gasteiger charge is -2.06. The number of aromatic nitrogens is 1. The van der Waals surface area contributed by atoms with Gasteiger partial charge in [-0.2, -0.15) is 5.26 Å². The number of thiophene rings is 1. The van der Waals surface area contributed by atoms with E-state index in [4.69, 9.17) is 17.3 Å². The lowest BCUT2D eigenvalue weighted by Crippen LogP contribution is -1.89. The number of nitriles is 1. The summed E-state index contributed by atoms with van der Waals surface area (Å²) in [6.45, 7) is 0. The Morgan fingerprint density at radius 1 is 1.14 bits per heavy atom. The van der Waals surface area contributed by atoms with Crippen LogP contribution in [0.2, 0.25) is 5.02 Å². The minimum Gasteiger partial charge on any atom is -0.396 e. The summed E-state index contributed by atoms with van der Waals surface area (Å²) in [6.07, 6.45) is 3.42.